The largest absolute Gasteiger partial charge is 0.508 e. The number of phenols is 1. The Labute approximate surface area is 306 Å². The van der Waals surface area contributed by atoms with Gasteiger partial charge >= 0.3 is 6.01 Å². The Kier molecular flexibility index (Phi) is 8.77. The summed E-state index contributed by atoms with van der Waals surface area (Å²) in [6.45, 7) is 11.1. The van der Waals surface area contributed by atoms with Crippen LogP contribution in [0.4, 0.5) is 23.4 Å². The molecule has 1 N–H and O–H groups in total. The van der Waals surface area contributed by atoms with Gasteiger partial charge in [-0.05, 0) is 59.6 Å². The van der Waals surface area contributed by atoms with E-state index in [-0.39, 0.29) is 80.7 Å². The van der Waals surface area contributed by atoms with Crippen molar-refractivity contribution in [2.75, 3.05) is 31.6 Å². The molecule has 0 spiro atoms. The van der Waals surface area contributed by atoms with Crippen LogP contribution in [0, 0.1) is 23.1 Å². The number of aromatic hydroxyl groups is 1. The van der Waals surface area contributed by atoms with Gasteiger partial charge in [0.15, 0.2) is 5.82 Å². The van der Waals surface area contributed by atoms with Gasteiger partial charge in [0, 0.05) is 43.6 Å². The van der Waals surface area contributed by atoms with Gasteiger partial charge in [-0.1, -0.05) is 53.5 Å². The maximum atomic E-state index is 17.2. The minimum atomic E-state index is -2.46. The summed E-state index contributed by atoms with van der Waals surface area (Å²) in [6.07, 6.45) is 0.127. The van der Waals surface area contributed by atoms with Crippen LogP contribution in [0.5, 0.6) is 11.8 Å². The number of hydrogen-bond donors (Lipinski definition) is 1. The molecule has 12 heteroatoms. The van der Waals surface area contributed by atoms with Gasteiger partial charge in [0.25, 0.3) is 0 Å². The lowest BCUT2D eigenvalue weighted by Crippen LogP contribution is -2.43. The summed E-state index contributed by atoms with van der Waals surface area (Å²) in [6, 6.07) is 4.50. The van der Waals surface area contributed by atoms with Gasteiger partial charge in [0.05, 0.1) is 25.3 Å². The van der Waals surface area contributed by atoms with Gasteiger partial charge in [-0.2, -0.15) is 9.97 Å². The number of ether oxygens (including phenoxy) is 1. The molecule has 3 aliphatic rings. The molecule has 52 heavy (non-hydrogen) atoms. The number of aromatic nitrogens is 3. The van der Waals surface area contributed by atoms with Crippen LogP contribution in [0.2, 0.25) is 16.6 Å². The van der Waals surface area contributed by atoms with E-state index in [4.69, 9.17) is 7.48 Å². The van der Waals surface area contributed by atoms with E-state index in [2.05, 4.69) is 68.0 Å². The summed E-state index contributed by atoms with van der Waals surface area (Å²) < 4.78 is 86.2. The fourth-order valence-electron chi connectivity index (χ4n) is 8.97. The molecule has 2 aliphatic heterocycles. The number of hydrogen-bond acceptors (Lipinski definition) is 7. The van der Waals surface area contributed by atoms with Crippen molar-refractivity contribution < 1.29 is 30.1 Å². The molecule has 4 atom stereocenters. The summed E-state index contributed by atoms with van der Waals surface area (Å²) in [4.78, 5) is 16.6. The summed E-state index contributed by atoms with van der Waals surface area (Å²) in [5.41, 5.74) is 2.71. The molecule has 2 aromatic heterocycles. The van der Waals surface area contributed by atoms with Crippen LogP contribution in [0.25, 0.3) is 32.9 Å². The number of phenolic OH excluding ortho intramolecular Hbond substituents is 1. The van der Waals surface area contributed by atoms with E-state index in [1.54, 1.807) is 11.9 Å². The number of halogens is 4. The van der Waals surface area contributed by atoms with E-state index in [9.17, 15) is 13.9 Å². The van der Waals surface area contributed by atoms with Gasteiger partial charge < -0.3 is 14.7 Å². The van der Waals surface area contributed by atoms with Crippen LogP contribution in [0.1, 0.15) is 75.5 Å². The van der Waals surface area contributed by atoms with Gasteiger partial charge in [0.1, 0.15) is 55.6 Å². The fourth-order valence-corrected chi connectivity index (χ4v) is 14.2. The van der Waals surface area contributed by atoms with Crippen molar-refractivity contribution in [1.82, 2.24) is 19.9 Å². The second-order valence-corrected chi connectivity index (χ2v) is 21.3. The minimum Gasteiger partial charge on any atom is -0.508 e. The molecule has 0 radical (unpaired) electrons. The van der Waals surface area contributed by atoms with Crippen LogP contribution in [0.3, 0.4) is 0 Å². The van der Waals surface area contributed by atoms with Crippen molar-refractivity contribution in [3.8, 4) is 34.5 Å². The number of alkyl halides is 2. The molecule has 3 unspecified atom stereocenters. The van der Waals surface area contributed by atoms with Crippen LogP contribution in [-0.2, 0) is 0 Å². The van der Waals surface area contributed by atoms with E-state index in [1.165, 1.54) is 35.4 Å². The average Bonchev–Trinajstić information content (AvgIpc) is 3.53. The number of rotatable bonds is 9. The van der Waals surface area contributed by atoms with Crippen LogP contribution >= 0.6 is 0 Å². The molecule has 7 rings (SSSR count). The monoisotopic (exact) mass is 735 g/mol. The van der Waals surface area contributed by atoms with E-state index < -0.39 is 56.2 Å². The van der Waals surface area contributed by atoms with E-state index in [0.29, 0.717) is 24.8 Å². The fraction of sp³-hybridized carbons (Fsp3) is 0.525. The molecule has 4 aromatic rings. The molecule has 276 valence electrons. The summed E-state index contributed by atoms with van der Waals surface area (Å²) in [5, 5.41) is 11.7. The van der Waals surface area contributed by atoms with E-state index in [0.717, 1.165) is 0 Å². The Morgan fingerprint density at radius 2 is 1.83 bits per heavy atom. The molecule has 1 saturated carbocycles. The van der Waals surface area contributed by atoms with Crippen LogP contribution in [-0.4, -0.2) is 83.7 Å². The van der Waals surface area contributed by atoms with Crippen molar-refractivity contribution in [1.29, 1.82) is 0 Å². The third-order valence-corrected chi connectivity index (χ3v) is 18.0. The van der Waals surface area contributed by atoms with Gasteiger partial charge in [0.2, 0.25) is 0 Å². The number of fused-ring (bicyclic) bond motifs is 3. The van der Waals surface area contributed by atoms with Crippen molar-refractivity contribution in [3.63, 3.8) is 0 Å². The Morgan fingerprint density at radius 1 is 1.12 bits per heavy atom. The Bertz CT molecular complexity index is 2180. The van der Waals surface area contributed by atoms with E-state index in [1.807, 2.05) is 0 Å². The first-order valence-corrected chi connectivity index (χ1v) is 20.4. The zero-order valence-corrected chi connectivity index (χ0v) is 31.7. The number of benzene rings is 2. The average molecular weight is 736 g/mol. The summed E-state index contributed by atoms with van der Waals surface area (Å²) >= 11 is 0. The Hall–Kier alpha value is -3.95. The highest BCUT2D eigenvalue weighted by Gasteiger charge is 2.49. The number of pyridine rings is 1. The predicted molar refractivity (Wildman–Crippen MR) is 200 cm³/mol. The molecule has 0 amide bonds. The lowest BCUT2D eigenvalue weighted by atomic mass is 9.95. The van der Waals surface area contributed by atoms with Crippen molar-refractivity contribution >= 4 is 35.6 Å². The smallest absolute Gasteiger partial charge is 0.319 e. The molecule has 0 bridgehead atoms. The quantitative estimate of drug-likeness (QED) is 0.105. The minimum absolute atomic E-state index is 0.0637. The highest BCUT2D eigenvalue weighted by molar-refractivity contribution is 6.90. The molecule has 4 heterocycles. The first kappa shape index (κ1) is 33.9. The molecule has 2 aromatic carbocycles. The van der Waals surface area contributed by atoms with Crippen LogP contribution in [0.15, 0.2) is 30.5 Å². The molecule has 3 fully saturated rings. The van der Waals surface area contributed by atoms with E-state index >= 15 is 8.78 Å². The van der Waals surface area contributed by atoms with Gasteiger partial charge in [-0.3, -0.25) is 9.88 Å². The topological polar surface area (TPSA) is 74.6 Å². The molecular weight excluding hydrogens is 687 g/mol. The lowest BCUT2D eigenvalue weighted by Gasteiger charge is -2.38. The predicted octanol–water partition coefficient (Wildman–Crippen LogP) is 8.90. The normalized spacial score (nSPS) is 24.0. The number of anilines is 1. The first-order valence-electron chi connectivity index (χ1n) is 19.2. The maximum absolute atomic E-state index is 17.2. The third-order valence-electron chi connectivity index (χ3n) is 11.7. The molecule has 1 aliphatic carbocycles. The zero-order valence-electron chi connectivity index (χ0n) is 32.7. The van der Waals surface area contributed by atoms with Crippen LogP contribution < -0.4 is 9.64 Å². The molecule has 2 saturated heterocycles. The summed E-state index contributed by atoms with van der Waals surface area (Å²) in [5.74, 6) is 1.52. The Morgan fingerprint density at radius 3 is 2.50 bits per heavy atom. The lowest BCUT2D eigenvalue weighted by molar-refractivity contribution is 0.107. The van der Waals surface area contributed by atoms with Crippen molar-refractivity contribution in [3.05, 3.63) is 47.7 Å². The van der Waals surface area contributed by atoms with Crippen molar-refractivity contribution in [2.45, 2.75) is 108 Å². The third kappa shape index (κ3) is 6.07. The SMILES string of the molecule is [2H]C([2H])(Oc1nc(N(C)C2C[C@@H]2F)c2cnc(-c3cc(O)cc4ccc(F)c(C#C[Si](C(C)C)(C(C)C)C(C)C)c34)c(F)c2n1)C12CCCN1CC(F)C2. The highest BCUT2D eigenvalue weighted by atomic mass is 28.3. The standard InChI is InChI=1S/C40H47F4N5O2Si/c1-22(2)52(23(3)4,24(5)6)14-11-28-31(42)10-9-25-15-27(50)16-29(34(25)28)36-35(44)37-30(19-45-36)38(48(7)33-17-32(33)43)47-39(46-37)51-21-40-12-8-13-49(40)20-26(41)18-40/h9-10,15-16,19,22-24,26,32-33,50H,8,12-13,17-18,20-21H2,1-7H3/t26?,32-,33?,40?/m0/s1/i21D2. The van der Waals surface area contributed by atoms with Crippen molar-refractivity contribution in [2.24, 2.45) is 0 Å². The Balaban J connectivity index is 1.43. The first-order chi connectivity index (χ1) is 25.4. The number of nitrogens with zero attached hydrogens (tertiary/aromatic N) is 5. The highest BCUT2D eigenvalue weighted by Crippen LogP contribution is 2.44. The molecule has 7 nitrogen and oxygen atoms in total. The molecular formula is C40H47F4N5O2Si. The zero-order chi connectivity index (χ0) is 39.1. The van der Waals surface area contributed by atoms with Gasteiger partial charge in [-0.25, -0.2) is 17.6 Å². The maximum Gasteiger partial charge on any atom is 0.319 e. The second-order valence-electron chi connectivity index (χ2n) is 15.7. The second kappa shape index (κ2) is 13.5. The van der Waals surface area contributed by atoms with Gasteiger partial charge in [-0.15, -0.1) is 5.54 Å². The summed E-state index contributed by atoms with van der Waals surface area (Å²) in [7, 11) is -0.733.